The van der Waals surface area contributed by atoms with E-state index in [1.54, 1.807) is 0 Å². The first kappa shape index (κ1) is 16.1. The van der Waals surface area contributed by atoms with Crippen molar-refractivity contribution in [3.63, 3.8) is 0 Å². The van der Waals surface area contributed by atoms with Gasteiger partial charge in [-0.3, -0.25) is 19.8 Å². The second-order valence-electron chi connectivity index (χ2n) is 5.18. The Hall–Kier alpha value is -2.26. The molecule has 0 radical (unpaired) electrons. The molecule has 1 unspecified atom stereocenters. The third-order valence-electron chi connectivity index (χ3n) is 3.62. The fourth-order valence-electron chi connectivity index (χ4n) is 2.14. The summed E-state index contributed by atoms with van der Waals surface area (Å²) in [4.78, 5) is 26.1. The second kappa shape index (κ2) is 7.14. The number of rotatable bonds is 5. The topological polar surface area (TPSA) is 104 Å². The summed E-state index contributed by atoms with van der Waals surface area (Å²) >= 11 is 0. The van der Waals surface area contributed by atoms with Crippen LogP contribution in [-0.4, -0.2) is 66.1 Å². The van der Waals surface area contributed by atoms with Gasteiger partial charge in [0.25, 0.3) is 5.91 Å². The first-order chi connectivity index (χ1) is 10.5. The average molecular weight is 309 g/mol. The number of nitrogens with one attached hydrogen (secondary N) is 1. The highest BCUT2D eigenvalue weighted by atomic mass is 16.6. The molecule has 1 saturated heterocycles. The molecule has 0 aromatic carbocycles. The number of piperazine rings is 1. The van der Waals surface area contributed by atoms with E-state index in [9.17, 15) is 14.9 Å². The molecule has 1 amide bonds. The number of carbonyl (C=O) groups is 1. The maximum Gasteiger partial charge on any atom is 0.433 e. The number of hydrazone groups is 1. The van der Waals surface area contributed by atoms with Crippen LogP contribution in [0.25, 0.3) is 0 Å². The fraction of sp³-hybridized carbons (Fsp3) is 0.538. The van der Waals surface area contributed by atoms with Crippen LogP contribution < -0.4 is 5.43 Å². The lowest BCUT2D eigenvalue weighted by molar-refractivity contribution is -0.402. The molecule has 2 rings (SSSR count). The molecule has 1 atom stereocenters. The van der Waals surface area contributed by atoms with Crippen LogP contribution in [0.4, 0.5) is 5.88 Å². The first-order valence-corrected chi connectivity index (χ1v) is 6.97. The molecule has 1 aromatic rings. The number of furan rings is 1. The molecule has 2 heterocycles. The van der Waals surface area contributed by atoms with E-state index in [4.69, 9.17) is 4.42 Å². The molecular formula is C13H19N5O4. The van der Waals surface area contributed by atoms with Gasteiger partial charge in [-0.15, -0.1) is 0 Å². The minimum absolute atomic E-state index is 0.208. The van der Waals surface area contributed by atoms with Gasteiger partial charge in [0.05, 0.1) is 18.3 Å². The van der Waals surface area contributed by atoms with Crippen molar-refractivity contribution >= 4 is 18.0 Å². The molecule has 1 aromatic heterocycles. The minimum atomic E-state index is -0.634. The number of amides is 1. The summed E-state index contributed by atoms with van der Waals surface area (Å²) in [6.45, 7) is 5.35. The Morgan fingerprint density at radius 1 is 1.45 bits per heavy atom. The number of carbonyl (C=O) groups excluding carboxylic acids is 1. The van der Waals surface area contributed by atoms with Crippen LogP contribution in [0.2, 0.25) is 0 Å². The maximum atomic E-state index is 12.0. The summed E-state index contributed by atoms with van der Waals surface area (Å²) in [5.74, 6) is -0.375. The van der Waals surface area contributed by atoms with Crippen molar-refractivity contribution in [3.05, 3.63) is 28.0 Å². The van der Waals surface area contributed by atoms with Gasteiger partial charge in [-0.2, -0.15) is 5.10 Å². The quantitative estimate of drug-likeness (QED) is 0.476. The fourth-order valence-corrected chi connectivity index (χ4v) is 2.14. The molecular weight excluding hydrogens is 290 g/mol. The molecule has 9 nitrogen and oxygen atoms in total. The molecule has 22 heavy (non-hydrogen) atoms. The van der Waals surface area contributed by atoms with E-state index in [-0.39, 0.29) is 23.6 Å². The second-order valence-corrected chi connectivity index (χ2v) is 5.18. The van der Waals surface area contributed by atoms with E-state index in [1.807, 2.05) is 6.92 Å². The van der Waals surface area contributed by atoms with Crippen LogP contribution in [0, 0.1) is 10.1 Å². The molecule has 120 valence electrons. The summed E-state index contributed by atoms with van der Waals surface area (Å²) < 4.78 is 4.90. The molecule has 1 aliphatic rings. The van der Waals surface area contributed by atoms with Crippen LogP contribution in [0.15, 0.2) is 21.7 Å². The summed E-state index contributed by atoms with van der Waals surface area (Å²) in [6, 6.07) is 2.37. The van der Waals surface area contributed by atoms with Gasteiger partial charge in [-0.05, 0) is 20.0 Å². The smallest absolute Gasteiger partial charge is 0.400 e. The summed E-state index contributed by atoms with van der Waals surface area (Å²) in [6.07, 6.45) is 1.24. The lowest BCUT2D eigenvalue weighted by Crippen LogP contribution is -2.52. The normalized spacial score (nSPS) is 18.5. The largest absolute Gasteiger partial charge is 0.433 e. The highest BCUT2D eigenvalue weighted by molar-refractivity contribution is 5.83. The highest BCUT2D eigenvalue weighted by Crippen LogP contribution is 2.13. The van der Waals surface area contributed by atoms with Crippen molar-refractivity contribution in [1.82, 2.24) is 15.2 Å². The zero-order chi connectivity index (χ0) is 16.1. The molecule has 0 spiro atoms. The van der Waals surface area contributed by atoms with Crippen molar-refractivity contribution in [2.24, 2.45) is 5.10 Å². The van der Waals surface area contributed by atoms with Crippen molar-refractivity contribution in [1.29, 1.82) is 0 Å². The van der Waals surface area contributed by atoms with Gasteiger partial charge in [-0.1, -0.05) is 0 Å². The van der Waals surface area contributed by atoms with Crippen molar-refractivity contribution in [2.75, 3.05) is 33.2 Å². The van der Waals surface area contributed by atoms with E-state index in [0.717, 1.165) is 26.2 Å². The van der Waals surface area contributed by atoms with Crippen molar-refractivity contribution in [3.8, 4) is 0 Å². The standard InChI is InChI=1S/C13H19N5O4/c1-10(17-7-5-16(2)6-8-17)13(19)15-14-9-11-3-4-12(22-11)18(20)21/h3-4,9-10H,5-8H2,1-2H3,(H,15,19)/b14-9+. The Bertz CT molecular complexity index is 563. The van der Waals surface area contributed by atoms with E-state index >= 15 is 0 Å². The lowest BCUT2D eigenvalue weighted by atomic mass is 10.2. The van der Waals surface area contributed by atoms with Crippen LogP contribution in [0.5, 0.6) is 0 Å². The number of likely N-dealkylation sites (N-methyl/N-ethyl adjacent to an activating group) is 1. The molecule has 0 aliphatic carbocycles. The molecule has 1 fully saturated rings. The molecule has 9 heteroatoms. The van der Waals surface area contributed by atoms with E-state index in [2.05, 4.69) is 27.4 Å². The lowest BCUT2D eigenvalue weighted by Gasteiger charge is -2.35. The number of nitrogens with zero attached hydrogens (tertiary/aromatic N) is 4. The number of nitro groups is 1. The Kier molecular flexibility index (Phi) is 5.23. The third-order valence-corrected chi connectivity index (χ3v) is 3.62. The Morgan fingerprint density at radius 3 is 2.73 bits per heavy atom. The molecule has 0 saturated carbocycles. The molecule has 1 N–H and O–H groups in total. The van der Waals surface area contributed by atoms with Crippen LogP contribution in [0.1, 0.15) is 12.7 Å². The third kappa shape index (κ3) is 4.12. The predicted octanol–water partition coefficient (Wildman–Crippen LogP) is 0.274. The van der Waals surface area contributed by atoms with Gasteiger partial charge in [0.2, 0.25) is 0 Å². The van der Waals surface area contributed by atoms with E-state index in [0.29, 0.717) is 0 Å². The summed E-state index contributed by atoms with van der Waals surface area (Å²) in [5.41, 5.74) is 2.42. The van der Waals surface area contributed by atoms with Gasteiger partial charge in [0.1, 0.15) is 4.92 Å². The Morgan fingerprint density at radius 2 is 2.14 bits per heavy atom. The highest BCUT2D eigenvalue weighted by Gasteiger charge is 2.24. The van der Waals surface area contributed by atoms with E-state index in [1.165, 1.54) is 18.3 Å². The number of hydrogen-bond donors (Lipinski definition) is 1. The monoisotopic (exact) mass is 309 g/mol. The van der Waals surface area contributed by atoms with Gasteiger partial charge in [0.15, 0.2) is 5.76 Å². The predicted molar refractivity (Wildman–Crippen MR) is 79.6 cm³/mol. The van der Waals surface area contributed by atoms with Crippen LogP contribution in [-0.2, 0) is 4.79 Å². The van der Waals surface area contributed by atoms with Gasteiger partial charge < -0.3 is 9.32 Å². The Balaban J connectivity index is 1.83. The summed E-state index contributed by atoms with van der Waals surface area (Å²) in [5, 5.41) is 14.2. The number of hydrogen-bond acceptors (Lipinski definition) is 7. The van der Waals surface area contributed by atoms with Crippen molar-refractivity contribution in [2.45, 2.75) is 13.0 Å². The molecule has 0 bridgehead atoms. The summed E-state index contributed by atoms with van der Waals surface area (Å²) in [7, 11) is 2.05. The van der Waals surface area contributed by atoms with Gasteiger partial charge in [-0.25, -0.2) is 5.43 Å². The van der Waals surface area contributed by atoms with Crippen molar-refractivity contribution < 1.29 is 14.1 Å². The molecule has 1 aliphatic heterocycles. The SMILES string of the molecule is CC(C(=O)N/N=C/c1ccc([N+](=O)[O-])o1)N1CCN(C)CC1. The first-order valence-electron chi connectivity index (χ1n) is 6.97. The van der Waals surface area contributed by atoms with Gasteiger partial charge in [0, 0.05) is 26.2 Å². The van der Waals surface area contributed by atoms with Crippen LogP contribution >= 0.6 is 0 Å². The minimum Gasteiger partial charge on any atom is -0.400 e. The van der Waals surface area contributed by atoms with Gasteiger partial charge >= 0.3 is 5.88 Å². The van der Waals surface area contributed by atoms with E-state index < -0.39 is 4.92 Å². The van der Waals surface area contributed by atoms with Crippen LogP contribution in [0.3, 0.4) is 0 Å². The zero-order valence-corrected chi connectivity index (χ0v) is 12.6. The Labute approximate surface area is 127 Å². The maximum absolute atomic E-state index is 12.0. The average Bonchev–Trinajstić information content (AvgIpc) is 2.96. The zero-order valence-electron chi connectivity index (χ0n) is 12.6.